The third-order valence-corrected chi connectivity index (χ3v) is 3.19. The second kappa shape index (κ2) is 4.64. The molecule has 1 nitrogen and oxygen atoms in total. The van der Waals surface area contributed by atoms with Crippen molar-refractivity contribution >= 4 is 0 Å². The number of hydrogen-bond donors (Lipinski definition) is 0. The zero-order chi connectivity index (χ0) is 10.6. The minimum absolute atomic E-state index is 0.465. The van der Waals surface area contributed by atoms with Crippen LogP contribution < -0.4 is 0 Å². The number of allylic oxidation sites excluding steroid dienone is 2. The van der Waals surface area contributed by atoms with Gasteiger partial charge in [0.1, 0.15) is 0 Å². The fourth-order valence-corrected chi connectivity index (χ4v) is 1.78. The third kappa shape index (κ3) is 3.18. The van der Waals surface area contributed by atoms with Crippen LogP contribution in [0.3, 0.4) is 0 Å². The Kier molecular flexibility index (Phi) is 3.75. The zero-order valence-corrected chi connectivity index (χ0v) is 9.64. The molecule has 0 radical (unpaired) electrons. The lowest BCUT2D eigenvalue weighted by molar-refractivity contribution is 0.607. The Labute approximate surface area is 87.8 Å². The minimum atomic E-state index is 0.465. The average molecular weight is 191 g/mol. The Bertz CT molecular complexity index is 255. The molecule has 1 unspecified atom stereocenters. The summed E-state index contributed by atoms with van der Waals surface area (Å²) < 4.78 is 0. The Hall–Kier alpha value is -0.770. The molecule has 0 N–H and O–H groups in total. The maximum atomic E-state index is 8.95. The van der Waals surface area contributed by atoms with Crippen molar-refractivity contribution in [2.24, 2.45) is 11.3 Å². The molecule has 1 atom stereocenters. The Morgan fingerprint density at radius 3 is 2.57 bits per heavy atom. The van der Waals surface area contributed by atoms with E-state index < -0.39 is 0 Å². The Morgan fingerprint density at radius 1 is 1.50 bits per heavy atom. The largest absolute Gasteiger partial charge is 0.193 e. The molecule has 1 heteroatoms. The van der Waals surface area contributed by atoms with Crippen molar-refractivity contribution in [2.45, 2.75) is 52.9 Å². The number of hydrogen-bond acceptors (Lipinski definition) is 1. The molecule has 0 saturated heterocycles. The predicted molar refractivity (Wildman–Crippen MR) is 59.7 cm³/mol. The molecular formula is C13H21N. The summed E-state index contributed by atoms with van der Waals surface area (Å²) in [5.41, 5.74) is 1.47. The molecule has 78 valence electrons. The summed E-state index contributed by atoms with van der Waals surface area (Å²) in [5.74, 6) is 0.666. The van der Waals surface area contributed by atoms with Crippen molar-refractivity contribution in [3.63, 3.8) is 0 Å². The first-order chi connectivity index (χ1) is 6.60. The highest BCUT2D eigenvalue weighted by Crippen LogP contribution is 2.52. The Balaban J connectivity index is 2.36. The first-order valence-corrected chi connectivity index (χ1v) is 5.71. The number of unbranched alkanes of at least 4 members (excludes halogenated alkanes) is 2. The lowest BCUT2D eigenvalue weighted by Gasteiger charge is -2.00. The van der Waals surface area contributed by atoms with Gasteiger partial charge in [-0.2, -0.15) is 5.26 Å². The van der Waals surface area contributed by atoms with Gasteiger partial charge in [-0.1, -0.05) is 39.7 Å². The number of nitriles is 1. The topological polar surface area (TPSA) is 23.8 Å². The molecule has 0 spiro atoms. The van der Waals surface area contributed by atoms with Gasteiger partial charge in [0.05, 0.1) is 6.07 Å². The maximum absolute atomic E-state index is 8.95. The Morgan fingerprint density at radius 2 is 2.14 bits per heavy atom. The lowest BCUT2D eigenvalue weighted by atomic mass is 10.0. The zero-order valence-electron chi connectivity index (χ0n) is 9.64. The van der Waals surface area contributed by atoms with Gasteiger partial charge in [-0.05, 0) is 30.6 Å². The van der Waals surface area contributed by atoms with Gasteiger partial charge in [-0.3, -0.25) is 0 Å². The van der Waals surface area contributed by atoms with Crippen LogP contribution in [0, 0.1) is 22.7 Å². The van der Waals surface area contributed by atoms with E-state index in [9.17, 15) is 0 Å². The molecule has 0 aromatic rings. The summed E-state index contributed by atoms with van der Waals surface area (Å²) in [7, 11) is 0. The molecule has 1 aliphatic carbocycles. The van der Waals surface area contributed by atoms with E-state index in [1.165, 1.54) is 25.7 Å². The molecule has 0 amide bonds. The van der Waals surface area contributed by atoms with Crippen LogP contribution in [-0.4, -0.2) is 0 Å². The van der Waals surface area contributed by atoms with E-state index in [4.69, 9.17) is 5.26 Å². The molecule has 1 fully saturated rings. The third-order valence-electron chi connectivity index (χ3n) is 3.19. The first kappa shape index (κ1) is 11.3. The van der Waals surface area contributed by atoms with Gasteiger partial charge in [-0.25, -0.2) is 0 Å². The smallest absolute Gasteiger partial charge is 0.0943 e. The average Bonchev–Trinajstić information content (AvgIpc) is 2.72. The molecule has 14 heavy (non-hydrogen) atoms. The van der Waals surface area contributed by atoms with Crippen LogP contribution in [0.2, 0.25) is 0 Å². The van der Waals surface area contributed by atoms with E-state index in [-0.39, 0.29) is 0 Å². The van der Waals surface area contributed by atoms with Gasteiger partial charge >= 0.3 is 0 Å². The molecule has 1 rings (SSSR count). The molecular weight excluding hydrogens is 170 g/mol. The molecule has 1 aliphatic rings. The van der Waals surface area contributed by atoms with Crippen molar-refractivity contribution in [2.75, 3.05) is 0 Å². The van der Waals surface area contributed by atoms with E-state index in [1.54, 1.807) is 0 Å². The van der Waals surface area contributed by atoms with Crippen LogP contribution in [-0.2, 0) is 0 Å². The minimum Gasteiger partial charge on any atom is -0.193 e. The number of rotatable bonds is 5. The first-order valence-electron chi connectivity index (χ1n) is 5.71. The number of nitrogens with zero attached hydrogens (tertiary/aromatic N) is 1. The standard InChI is InChI=1S/C13H21N/c1-4-5-6-7-11(10-14)8-12-9-13(12,2)3/h8,12H,4-7,9H2,1-3H3/b11-8+. The van der Waals surface area contributed by atoms with E-state index >= 15 is 0 Å². The van der Waals surface area contributed by atoms with Crippen molar-refractivity contribution in [1.29, 1.82) is 5.26 Å². The van der Waals surface area contributed by atoms with Crippen molar-refractivity contribution in [1.82, 2.24) is 0 Å². The second-order valence-electron chi connectivity index (χ2n) is 5.06. The van der Waals surface area contributed by atoms with Gasteiger partial charge in [0.15, 0.2) is 0 Å². The highest BCUT2D eigenvalue weighted by atomic mass is 14.5. The maximum Gasteiger partial charge on any atom is 0.0943 e. The SMILES string of the molecule is CCCCC/C(C#N)=C\C1CC1(C)C. The van der Waals surface area contributed by atoms with E-state index in [0.29, 0.717) is 11.3 Å². The molecule has 0 heterocycles. The van der Waals surface area contributed by atoms with Crippen LogP contribution in [0.15, 0.2) is 11.6 Å². The summed E-state index contributed by atoms with van der Waals surface area (Å²) in [6, 6.07) is 2.33. The van der Waals surface area contributed by atoms with Gasteiger partial charge in [-0.15, -0.1) is 0 Å². The predicted octanol–water partition coefficient (Wildman–Crippen LogP) is 4.06. The van der Waals surface area contributed by atoms with Crippen LogP contribution >= 0.6 is 0 Å². The van der Waals surface area contributed by atoms with Crippen molar-refractivity contribution < 1.29 is 0 Å². The fraction of sp³-hybridized carbons (Fsp3) is 0.769. The summed E-state index contributed by atoms with van der Waals surface area (Å²) in [6.07, 6.45) is 8.09. The van der Waals surface area contributed by atoms with Crippen LogP contribution in [0.1, 0.15) is 52.9 Å². The van der Waals surface area contributed by atoms with Crippen LogP contribution in [0.25, 0.3) is 0 Å². The normalized spacial score (nSPS) is 24.4. The molecule has 0 aromatic heterocycles. The highest BCUT2D eigenvalue weighted by molar-refractivity contribution is 5.25. The van der Waals surface area contributed by atoms with Gasteiger partial charge in [0.2, 0.25) is 0 Å². The molecule has 0 aromatic carbocycles. The summed E-state index contributed by atoms with van der Waals surface area (Å²) >= 11 is 0. The summed E-state index contributed by atoms with van der Waals surface area (Å²) in [6.45, 7) is 6.74. The van der Waals surface area contributed by atoms with Crippen LogP contribution in [0.4, 0.5) is 0 Å². The molecule has 0 bridgehead atoms. The van der Waals surface area contributed by atoms with Crippen LogP contribution in [0.5, 0.6) is 0 Å². The van der Waals surface area contributed by atoms with Gasteiger partial charge in [0.25, 0.3) is 0 Å². The van der Waals surface area contributed by atoms with E-state index in [1.807, 2.05) is 0 Å². The highest BCUT2D eigenvalue weighted by Gasteiger charge is 2.43. The fourth-order valence-electron chi connectivity index (χ4n) is 1.78. The van der Waals surface area contributed by atoms with Gasteiger partial charge in [0, 0.05) is 5.57 Å². The monoisotopic (exact) mass is 191 g/mol. The van der Waals surface area contributed by atoms with Gasteiger partial charge < -0.3 is 0 Å². The summed E-state index contributed by atoms with van der Waals surface area (Å²) in [5, 5.41) is 8.95. The quantitative estimate of drug-likeness (QED) is 0.475. The molecule has 1 saturated carbocycles. The van der Waals surface area contributed by atoms with Crippen molar-refractivity contribution in [3.8, 4) is 6.07 Å². The second-order valence-corrected chi connectivity index (χ2v) is 5.06. The van der Waals surface area contributed by atoms with E-state index in [2.05, 4.69) is 32.9 Å². The lowest BCUT2D eigenvalue weighted by Crippen LogP contribution is -1.89. The van der Waals surface area contributed by atoms with E-state index in [0.717, 1.165) is 12.0 Å². The summed E-state index contributed by atoms with van der Waals surface area (Å²) in [4.78, 5) is 0. The van der Waals surface area contributed by atoms with Crippen molar-refractivity contribution in [3.05, 3.63) is 11.6 Å². The molecule has 0 aliphatic heterocycles.